The van der Waals surface area contributed by atoms with Crippen molar-refractivity contribution in [3.8, 4) is 0 Å². The van der Waals surface area contributed by atoms with Crippen molar-refractivity contribution in [2.75, 3.05) is 4.72 Å². The van der Waals surface area contributed by atoms with E-state index in [1.54, 1.807) is 12.3 Å². The van der Waals surface area contributed by atoms with Crippen molar-refractivity contribution in [1.29, 1.82) is 0 Å². The molecule has 10 heteroatoms. The lowest BCUT2D eigenvalue weighted by atomic mass is 10.1. The summed E-state index contributed by atoms with van der Waals surface area (Å²) >= 11 is 12.4. The van der Waals surface area contributed by atoms with Crippen LogP contribution >= 0.6 is 23.2 Å². The first-order chi connectivity index (χ1) is 11.5. The molecule has 3 aromatic rings. The molecule has 0 amide bonds. The molecule has 0 bridgehead atoms. The highest BCUT2D eigenvalue weighted by Crippen LogP contribution is 2.40. The van der Waals surface area contributed by atoms with E-state index in [0.717, 1.165) is 5.56 Å². The molecule has 1 aliphatic rings. The average molecular weight is 384 g/mol. The third-order valence-corrected chi connectivity index (χ3v) is 5.81. The molecule has 0 unspecified atom stereocenters. The van der Waals surface area contributed by atoms with Gasteiger partial charge in [-0.05, 0) is 11.6 Å². The zero-order chi connectivity index (χ0) is 16.9. The monoisotopic (exact) mass is 383 g/mol. The normalized spacial score (nSPS) is 16.8. The van der Waals surface area contributed by atoms with Gasteiger partial charge in [-0.2, -0.15) is 12.7 Å². The molecule has 0 saturated carbocycles. The minimum absolute atomic E-state index is 0.115. The van der Waals surface area contributed by atoms with Crippen molar-refractivity contribution in [2.45, 2.75) is 13.1 Å². The first-order valence-corrected chi connectivity index (χ1v) is 9.16. The molecule has 1 aliphatic heterocycles. The van der Waals surface area contributed by atoms with Crippen LogP contribution in [0.3, 0.4) is 0 Å². The second kappa shape index (κ2) is 5.59. The van der Waals surface area contributed by atoms with Crippen LogP contribution in [0.5, 0.6) is 0 Å². The molecule has 124 valence electrons. The molecular formula is C14H11Cl2N5O2S. The highest BCUT2D eigenvalue weighted by Gasteiger charge is 2.32. The topological polar surface area (TPSA) is 91.0 Å². The number of nitrogens with zero attached hydrogens (tertiary/aromatic N) is 3. The van der Waals surface area contributed by atoms with Crippen LogP contribution in [-0.4, -0.2) is 27.7 Å². The van der Waals surface area contributed by atoms with Gasteiger partial charge < -0.3 is 4.98 Å². The minimum atomic E-state index is -3.72. The number of fused-ring (bicyclic) bond motifs is 3. The van der Waals surface area contributed by atoms with Gasteiger partial charge >= 0.3 is 10.2 Å². The lowest BCUT2D eigenvalue weighted by Crippen LogP contribution is -2.39. The number of H-pyrrole nitrogens is 1. The Morgan fingerprint density at radius 1 is 1.25 bits per heavy atom. The zero-order valence-electron chi connectivity index (χ0n) is 12.1. The Morgan fingerprint density at radius 3 is 2.83 bits per heavy atom. The van der Waals surface area contributed by atoms with Crippen LogP contribution in [0.15, 0.2) is 30.9 Å². The molecule has 3 heterocycles. The third-order valence-electron chi connectivity index (χ3n) is 3.82. The Labute approximate surface area is 147 Å². The quantitative estimate of drug-likeness (QED) is 0.711. The van der Waals surface area contributed by atoms with Crippen molar-refractivity contribution >= 4 is 50.0 Å². The van der Waals surface area contributed by atoms with E-state index in [0.29, 0.717) is 32.3 Å². The number of aromatic amines is 1. The van der Waals surface area contributed by atoms with Gasteiger partial charge in [0.2, 0.25) is 0 Å². The number of nitrogens with one attached hydrogen (secondary N) is 2. The van der Waals surface area contributed by atoms with Crippen molar-refractivity contribution in [1.82, 2.24) is 19.3 Å². The van der Waals surface area contributed by atoms with Crippen LogP contribution in [-0.2, 0) is 23.3 Å². The van der Waals surface area contributed by atoms with Crippen LogP contribution in [0, 0.1) is 0 Å². The fraction of sp³-hybridized carbons (Fsp3) is 0.143. The van der Waals surface area contributed by atoms with Crippen molar-refractivity contribution < 1.29 is 8.42 Å². The standard InChI is InChI=1S/C14H11Cl2N5O2S/c15-10-3-8-6-21(7-9-4-17-1-2-18-9)24(22,23)20-13(8)14-12(10)11(16)5-19-14/h1-5,19-20H,6-7H2. The van der Waals surface area contributed by atoms with Crippen molar-refractivity contribution in [3.05, 3.63) is 52.2 Å². The molecule has 0 spiro atoms. The lowest BCUT2D eigenvalue weighted by molar-refractivity contribution is 0.395. The van der Waals surface area contributed by atoms with E-state index in [-0.39, 0.29) is 13.1 Å². The summed E-state index contributed by atoms with van der Waals surface area (Å²) in [5, 5.41) is 1.51. The van der Waals surface area contributed by atoms with Crippen LogP contribution in [0.1, 0.15) is 11.3 Å². The number of hydrogen-bond donors (Lipinski definition) is 2. The van der Waals surface area contributed by atoms with Gasteiger partial charge in [0.15, 0.2) is 0 Å². The molecule has 24 heavy (non-hydrogen) atoms. The number of benzene rings is 1. The minimum Gasteiger partial charge on any atom is -0.358 e. The molecule has 2 aromatic heterocycles. The summed E-state index contributed by atoms with van der Waals surface area (Å²) in [6.45, 7) is 0.289. The lowest BCUT2D eigenvalue weighted by Gasteiger charge is -2.29. The van der Waals surface area contributed by atoms with Crippen LogP contribution in [0.2, 0.25) is 10.0 Å². The van der Waals surface area contributed by atoms with Gasteiger partial charge in [0, 0.05) is 36.7 Å². The molecule has 7 nitrogen and oxygen atoms in total. The van der Waals surface area contributed by atoms with Gasteiger partial charge in [-0.25, -0.2) is 0 Å². The number of halogens is 2. The average Bonchev–Trinajstić information content (AvgIpc) is 2.93. The van der Waals surface area contributed by atoms with E-state index in [9.17, 15) is 8.42 Å². The summed E-state index contributed by atoms with van der Waals surface area (Å²) in [6, 6.07) is 1.73. The van der Waals surface area contributed by atoms with Gasteiger partial charge in [-0.15, -0.1) is 0 Å². The smallest absolute Gasteiger partial charge is 0.302 e. The van der Waals surface area contributed by atoms with E-state index >= 15 is 0 Å². The van der Waals surface area contributed by atoms with Crippen LogP contribution in [0.25, 0.3) is 10.9 Å². The number of aromatic nitrogens is 3. The molecule has 1 aromatic carbocycles. The van der Waals surface area contributed by atoms with Gasteiger partial charge in [0.1, 0.15) is 0 Å². The van der Waals surface area contributed by atoms with E-state index in [2.05, 4.69) is 19.7 Å². The Morgan fingerprint density at radius 2 is 2.08 bits per heavy atom. The maximum Gasteiger partial charge on any atom is 0.302 e. The molecule has 0 aliphatic carbocycles. The zero-order valence-corrected chi connectivity index (χ0v) is 14.5. The van der Waals surface area contributed by atoms with E-state index in [4.69, 9.17) is 23.2 Å². The molecule has 0 fully saturated rings. The predicted molar refractivity (Wildman–Crippen MR) is 92.1 cm³/mol. The fourth-order valence-corrected chi connectivity index (χ4v) is 4.59. The van der Waals surface area contributed by atoms with Crippen LogP contribution in [0.4, 0.5) is 5.69 Å². The summed E-state index contributed by atoms with van der Waals surface area (Å²) < 4.78 is 29.0. The molecular weight excluding hydrogens is 373 g/mol. The van der Waals surface area contributed by atoms with Gasteiger partial charge in [-0.3, -0.25) is 14.7 Å². The maximum atomic E-state index is 12.6. The van der Waals surface area contributed by atoms with Crippen molar-refractivity contribution in [3.63, 3.8) is 0 Å². The highest BCUT2D eigenvalue weighted by molar-refractivity contribution is 7.90. The van der Waals surface area contributed by atoms with Crippen molar-refractivity contribution in [2.24, 2.45) is 0 Å². The Balaban J connectivity index is 1.79. The summed E-state index contributed by atoms with van der Waals surface area (Å²) in [5.74, 6) is 0. The number of rotatable bonds is 2. The second-order valence-electron chi connectivity index (χ2n) is 5.35. The van der Waals surface area contributed by atoms with Gasteiger partial charge in [0.25, 0.3) is 0 Å². The molecule has 0 radical (unpaired) electrons. The summed E-state index contributed by atoms with van der Waals surface area (Å²) in [4.78, 5) is 11.0. The summed E-state index contributed by atoms with van der Waals surface area (Å²) in [6.07, 6.45) is 6.17. The molecule has 0 saturated heterocycles. The van der Waals surface area contributed by atoms with Gasteiger partial charge in [0.05, 0.1) is 33.5 Å². The highest BCUT2D eigenvalue weighted by atomic mass is 35.5. The largest absolute Gasteiger partial charge is 0.358 e. The Kier molecular flexibility index (Phi) is 3.65. The van der Waals surface area contributed by atoms with Gasteiger partial charge in [-0.1, -0.05) is 23.2 Å². The Bertz CT molecular complexity index is 1040. The predicted octanol–water partition coefficient (Wildman–Crippen LogP) is 2.94. The first kappa shape index (κ1) is 15.6. The van der Waals surface area contributed by atoms with E-state index < -0.39 is 10.2 Å². The van der Waals surface area contributed by atoms with Crippen LogP contribution < -0.4 is 4.72 Å². The second-order valence-corrected chi connectivity index (χ2v) is 7.84. The molecule has 4 rings (SSSR count). The van der Waals surface area contributed by atoms with E-state index in [1.807, 2.05) is 0 Å². The summed E-state index contributed by atoms with van der Waals surface area (Å²) in [7, 11) is -3.72. The molecule has 2 N–H and O–H groups in total. The number of anilines is 1. The summed E-state index contributed by atoms with van der Waals surface area (Å²) in [5.41, 5.74) is 2.35. The fourth-order valence-electron chi connectivity index (χ4n) is 2.73. The van der Waals surface area contributed by atoms with E-state index in [1.165, 1.54) is 22.9 Å². The Hall–Kier alpha value is -1.87. The third kappa shape index (κ3) is 2.51. The SMILES string of the molecule is O=S1(=O)Nc2c(cc(Cl)c3c(Cl)c[nH]c23)CN1Cc1cnccn1. The maximum absolute atomic E-state index is 12.6. The number of hydrogen-bond acceptors (Lipinski definition) is 4. The first-order valence-electron chi connectivity index (χ1n) is 6.96. The molecule has 0 atom stereocenters.